The fraction of sp³-hybridized carbons (Fsp3) is 0.524. The van der Waals surface area contributed by atoms with Crippen molar-refractivity contribution in [3.63, 3.8) is 0 Å². The molecule has 2 aromatic rings. The summed E-state index contributed by atoms with van der Waals surface area (Å²) in [6.07, 6.45) is 2.51. The van der Waals surface area contributed by atoms with Gasteiger partial charge in [0.05, 0.1) is 0 Å². The van der Waals surface area contributed by atoms with Crippen LogP contribution in [0.25, 0.3) is 10.8 Å². The molecule has 23 heavy (non-hydrogen) atoms. The summed E-state index contributed by atoms with van der Waals surface area (Å²) in [6, 6.07) is 14.6. The minimum Gasteiger partial charge on any atom is -0.304 e. The molecule has 0 unspecified atom stereocenters. The van der Waals surface area contributed by atoms with E-state index in [4.69, 9.17) is 0 Å². The average Bonchev–Trinajstić information content (AvgIpc) is 2.54. The third kappa shape index (κ3) is 2.34. The first-order valence-electron chi connectivity index (χ1n) is 9.32. The summed E-state index contributed by atoms with van der Waals surface area (Å²) in [5, 5.41) is 2.82. The molecule has 0 radical (unpaired) electrons. The fourth-order valence-electron chi connectivity index (χ4n) is 5.63. The van der Waals surface area contributed by atoms with Gasteiger partial charge in [0.25, 0.3) is 0 Å². The van der Waals surface area contributed by atoms with Crippen molar-refractivity contribution in [2.75, 3.05) is 13.6 Å². The van der Waals surface area contributed by atoms with E-state index in [2.05, 4.69) is 69.1 Å². The van der Waals surface area contributed by atoms with Crippen LogP contribution in [-0.4, -0.2) is 31.2 Å². The standard InChI is InChI=1S/C21H28BN/c1-5-21-15(3)22-19-12-17-9-7-6-8-16(17)11-18(19)10-14(2)20(22)13-23(21)4/h6-9,11-12,14-15,20-21H,5,10,13H2,1-4H3/t14-,15-,20-,21+/m1/s1. The zero-order valence-corrected chi connectivity index (χ0v) is 14.9. The minimum absolute atomic E-state index is 0.723. The lowest BCUT2D eigenvalue weighted by Crippen LogP contribution is -2.59. The van der Waals surface area contributed by atoms with Crippen molar-refractivity contribution in [3.8, 4) is 0 Å². The Morgan fingerprint density at radius 2 is 1.83 bits per heavy atom. The van der Waals surface area contributed by atoms with Crippen molar-refractivity contribution in [2.45, 2.75) is 51.3 Å². The third-order valence-corrected chi connectivity index (χ3v) is 6.76. The van der Waals surface area contributed by atoms with E-state index in [0.717, 1.165) is 30.3 Å². The van der Waals surface area contributed by atoms with Crippen molar-refractivity contribution >= 4 is 22.9 Å². The van der Waals surface area contributed by atoms with Crippen molar-refractivity contribution in [2.24, 2.45) is 5.92 Å². The number of rotatable bonds is 1. The highest BCUT2D eigenvalue weighted by Gasteiger charge is 2.47. The molecule has 2 aliphatic heterocycles. The molecular weight excluding hydrogens is 277 g/mol. The molecule has 4 atom stereocenters. The first-order valence-corrected chi connectivity index (χ1v) is 9.32. The number of hydrogen-bond donors (Lipinski definition) is 0. The quantitative estimate of drug-likeness (QED) is 0.713. The largest absolute Gasteiger partial charge is 0.304 e. The highest BCUT2D eigenvalue weighted by atomic mass is 15.1. The molecule has 0 saturated carbocycles. The molecule has 0 aliphatic carbocycles. The molecule has 2 heteroatoms. The average molecular weight is 305 g/mol. The van der Waals surface area contributed by atoms with Crippen LogP contribution in [0, 0.1) is 5.92 Å². The Bertz CT molecular complexity index is 725. The first kappa shape index (κ1) is 15.3. The summed E-state index contributed by atoms with van der Waals surface area (Å²) in [7, 11) is 2.34. The van der Waals surface area contributed by atoms with Crippen molar-refractivity contribution in [3.05, 3.63) is 42.0 Å². The summed E-state index contributed by atoms with van der Waals surface area (Å²) in [5.74, 6) is 2.34. The number of fused-ring (bicyclic) bond motifs is 4. The highest BCUT2D eigenvalue weighted by Crippen LogP contribution is 2.43. The number of hydrogen-bond acceptors (Lipinski definition) is 1. The van der Waals surface area contributed by atoms with Crippen LogP contribution in [0.15, 0.2) is 36.4 Å². The Morgan fingerprint density at radius 3 is 2.52 bits per heavy atom. The first-order chi connectivity index (χ1) is 11.1. The van der Waals surface area contributed by atoms with Gasteiger partial charge in [-0.25, -0.2) is 0 Å². The smallest absolute Gasteiger partial charge is 0.185 e. The molecule has 1 nitrogen and oxygen atoms in total. The molecule has 1 saturated heterocycles. The van der Waals surface area contributed by atoms with Gasteiger partial charge in [-0.15, -0.1) is 0 Å². The Morgan fingerprint density at radius 1 is 1.13 bits per heavy atom. The van der Waals surface area contributed by atoms with Gasteiger partial charge >= 0.3 is 0 Å². The maximum atomic E-state index is 2.63. The van der Waals surface area contributed by atoms with E-state index in [9.17, 15) is 0 Å². The molecule has 0 aromatic heterocycles. The summed E-state index contributed by atoms with van der Waals surface area (Å²) < 4.78 is 0. The van der Waals surface area contributed by atoms with Crippen LogP contribution < -0.4 is 5.46 Å². The molecular formula is C21H28BN. The second-order valence-corrected chi connectivity index (χ2v) is 8.04. The minimum atomic E-state index is 0.723. The molecule has 0 bridgehead atoms. The van der Waals surface area contributed by atoms with Crippen molar-refractivity contribution in [1.29, 1.82) is 0 Å². The third-order valence-electron chi connectivity index (χ3n) is 6.76. The van der Waals surface area contributed by atoms with Gasteiger partial charge in [-0.1, -0.05) is 68.2 Å². The monoisotopic (exact) mass is 305 g/mol. The predicted molar refractivity (Wildman–Crippen MR) is 102 cm³/mol. The van der Waals surface area contributed by atoms with Gasteiger partial charge < -0.3 is 4.90 Å². The Kier molecular flexibility index (Phi) is 3.76. The Balaban J connectivity index is 1.85. The highest BCUT2D eigenvalue weighted by molar-refractivity contribution is 6.77. The van der Waals surface area contributed by atoms with Gasteiger partial charge in [-0.3, -0.25) is 0 Å². The van der Waals surface area contributed by atoms with Gasteiger partial charge in [0.15, 0.2) is 6.71 Å². The lowest BCUT2D eigenvalue weighted by molar-refractivity contribution is 0.192. The van der Waals surface area contributed by atoms with Gasteiger partial charge in [0, 0.05) is 6.04 Å². The van der Waals surface area contributed by atoms with Crippen LogP contribution in [0.2, 0.25) is 11.6 Å². The van der Waals surface area contributed by atoms with Crippen LogP contribution in [0.1, 0.15) is 32.8 Å². The van der Waals surface area contributed by atoms with Gasteiger partial charge in [0.2, 0.25) is 0 Å². The second kappa shape index (κ2) is 5.67. The number of benzene rings is 2. The van der Waals surface area contributed by atoms with Crippen LogP contribution in [0.5, 0.6) is 0 Å². The van der Waals surface area contributed by atoms with Gasteiger partial charge in [-0.2, -0.15) is 0 Å². The van der Waals surface area contributed by atoms with E-state index in [1.54, 1.807) is 11.0 Å². The molecule has 4 rings (SSSR count). The van der Waals surface area contributed by atoms with E-state index in [1.165, 1.54) is 30.2 Å². The summed E-state index contributed by atoms with van der Waals surface area (Å²) in [6.45, 7) is 9.33. The van der Waals surface area contributed by atoms with Crippen LogP contribution >= 0.6 is 0 Å². The summed E-state index contributed by atoms with van der Waals surface area (Å²) >= 11 is 0. The molecule has 0 amide bonds. The number of nitrogens with zero attached hydrogens (tertiary/aromatic N) is 1. The molecule has 2 heterocycles. The lowest BCUT2D eigenvalue weighted by Gasteiger charge is -2.50. The maximum absolute atomic E-state index is 2.63. The SMILES string of the molecule is CC[C@H]1[C@@H](C)B2c3cc4ccccc4cc3C[C@@H](C)[C@H]2CN1C. The summed E-state index contributed by atoms with van der Waals surface area (Å²) in [5.41, 5.74) is 3.27. The van der Waals surface area contributed by atoms with Crippen molar-refractivity contribution in [1.82, 2.24) is 4.90 Å². The maximum Gasteiger partial charge on any atom is 0.185 e. The van der Waals surface area contributed by atoms with E-state index in [-0.39, 0.29) is 0 Å². The normalized spacial score (nSPS) is 31.0. The van der Waals surface area contributed by atoms with E-state index >= 15 is 0 Å². The fourth-order valence-corrected chi connectivity index (χ4v) is 5.63. The Labute approximate surface area is 141 Å². The van der Waals surface area contributed by atoms with E-state index in [1.807, 2.05) is 0 Å². The van der Waals surface area contributed by atoms with Gasteiger partial charge in [0.1, 0.15) is 0 Å². The molecule has 1 fully saturated rings. The predicted octanol–water partition coefficient (Wildman–Crippen LogP) is 4.22. The Hall–Kier alpha value is -1.28. The van der Waals surface area contributed by atoms with Crippen LogP contribution in [0.4, 0.5) is 0 Å². The van der Waals surface area contributed by atoms with Crippen LogP contribution in [0.3, 0.4) is 0 Å². The topological polar surface area (TPSA) is 3.24 Å². The van der Waals surface area contributed by atoms with Gasteiger partial charge in [-0.05, 0) is 54.8 Å². The van der Waals surface area contributed by atoms with E-state index < -0.39 is 0 Å². The molecule has 2 aliphatic rings. The zero-order chi connectivity index (χ0) is 16.1. The summed E-state index contributed by atoms with van der Waals surface area (Å²) in [4.78, 5) is 2.63. The molecule has 2 aromatic carbocycles. The molecule has 0 N–H and O–H groups in total. The molecule has 120 valence electrons. The zero-order valence-electron chi connectivity index (χ0n) is 14.9. The van der Waals surface area contributed by atoms with Crippen molar-refractivity contribution < 1.29 is 0 Å². The van der Waals surface area contributed by atoms with Crippen LogP contribution in [-0.2, 0) is 6.42 Å². The lowest BCUT2D eigenvalue weighted by atomic mass is 9.24. The molecule has 0 spiro atoms. The second-order valence-electron chi connectivity index (χ2n) is 8.04. The van der Waals surface area contributed by atoms with E-state index in [0.29, 0.717) is 0 Å².